The maximum Gasteiger partial charge on any atom is 0.253 e. The van der Waals surface area contributed by atoms with Crippen LogP contribution in [0.3, 0.4) is 0 Å². The van der Waals surface area contributed by atoms with Crippen LogP contribution in [0, 0.1) is 5.82 Å². The first-order valence-electron chi connectivity index (χ1n) is 4.97. The average molecular weight is 330 g/mol. The maximum absolute atomic E-state index is 13.1. The number of nitrogens with two attached hydrogens (primary N) is 1. The van der Waals surface area contributed by atoms with Crippen molar-refractivity contribution in [2.75, 3.05) is 5.73 Å². The number of nitrogens with one attached hydrogen (secondary N) is 1. The molecule has 18 heavy (non-hydrogen) atoms. The minimum atomic E-state index is -0.311. The molecule has 1 aromatic heterocycles. The van der Waals surface area contributed by atoms with E-state index in [-0.39, 0.29) is 17.2 Å². The standard InChI is InChI=1S/C11H9BrFN3OS/c12-7-1-6(2-8(13)3-7)5-18-11-15-9(14)4-10(17)16-11/h1-4H,5H2,(H3,14,15,16,17). The summed E-state index contributed by atoms with van der Waals surface area (Å²) in [5.74, 6) is 0.346. The lowest BCUT2D eigenvalue weighted by atomic mass is 10.2. The molecule has 7 heteroatoms. The summed E-state index contributed by atoms with van der Waals surface area (Å²) in [7, 11) is 0. The van der Waals surface area contributed by atoms with Crippen LogP contribution in [-0.4, -0.2) is 9.97 Å². The first-order valence-corrected chi connectivity index (χ1v) is 6.75. The first kappa shape index (κ1) is 13.1. The van der Waals surface area contributed by atoms with Gasteiger partial charge in [-0.3, -0.25) is 4.79 Å². The van der Waals surface area contributed by atoms with Crippen LogP contribution in [-0.2, 0) is 5.75 Å². The van der Waals surface area contributed by atoms with Crippen molar-refractivity contribution in [2.24, 2.45) is 0 Å². The molecule has 0 radical (unpaired) electrons. The fourth-order valence-electron chi connectivity index (χ4n) is 1.37. The highest BCUT2D eigenvalue weighted by molar-refractivity contribution is 9.10. The molecule has 0 bridgehead atoms. The normalized spacial score (nSPS) is 10.6. The fourth-order valence-corrected chi connectivity index (χ4v) is 2.69. The zero-order chi connectivity index (χ0) is 13.1. The number of aromatic amines is 1. The molecule has 0 aliphatic rings. The minimum Gasteiger partial charge on any atom is -0.383 e. The summed E-state index contributed by atoms with van der Waals surface area (Å²) >= 11 is 4.50. The summed E-state index contributed by atoms with van der Waals surface area (Å²) in [4.78, 5) is 17.7. The molecule has 0 aliphatic heterocycles. The van der Waals surface area contributed by atoms with Crippen LogP contribution < -0.4 is 11.3 Å². The van der Waals surface area contributed by atoms with E-state index in [0.717, 1.165) is 5.56 Å². The molecule has 0 amide bonds. The van der Waals surface area contributed by atoms with Crippen LogP contribution in [0.1, 0.15) is 5.56 Å². The number of hydrogen-bond donors (Lipinski definition) is 2. The summed E-state index contributed by atoms with van der Waals surface area (Å²) in [5, 5.41) is 0.417. The van der Waals surface area contributed by atoms with E-state index in [2.05, 4.69) is 25.9 Å². The Kier molecular flexibility index (Phi) is 4.03. The second-order valence-corrected chi connectivity index (χ2v) is 5.42. The second-order valence-electron chi connectivity index (χ2n) is 3.54. The smallest absolute Gasteiger partial charge is 0.253 e. The Labute approximate surface area is 115 Å². The number of H-pyrrole nitrogens is 1. The molecular formula is C11H9BrFN3OS. The minimum absolute atomic E-state index is 0.168. The monoisotopic (exact) mass is 329 g/mol. The topological polar surface area (TPSA) is 71.8 Å². The van der Waals surface area contributed by atoms with Crippen molar-refractivity contribution in [3.05, 3.63) is 50.5 Å². The van der Waals surface area contributed by atoms with Crippen LogP contribution in [0.4, 0.5) is 10.2 Å². The highest BCUT2D eigenvalue weighted by atomic mass is 79.9. The van der Waals surface area contributed by atoms with Gasteiger partial charge in [0.2, 0.25) is 0 Å². The van der Waals surface area contributed by atoms with Crippen LogP contribution in [0.25, 0.3) is 0 Å². The van der Waals surface area contributed by atoms with E-state index in [1.807, 2.05) is 0 Å². The lowest BCUT2D eigenvalue weighted by molar-refractivity contribution is 0.625. The Morgan fingerprint density at radius 1 is 1.39 bits per heavy atom. The molecule has 0 aliphatic carbocycles. The molecule has 1 heterocycles. The van der Waals surface area contributed by atoms with E-state index >= 15 is 0 Å². The highest BCUT2D eigenvalue weighted by Crippen LogP contribution is 2.22. The van der Waals surface area contributed by atoms with Gasteiger partial charge in [0.05, 0.1) is 0 Å². The zero-order valence-electron chi connectivity index (χ0n) is 9.11. The van der Waals surface area contributed by atoms with Gasteiger partial charge in [0, 0.05) is 16.3 Å². The van der Waals surface area contributed by atoms with Gasteiger partial charge in [0.25, 0.3) is 5.56 Å². The maximum atomic E-state index is 13.1. The Balaban J connectivity index is 2.13. The Morgan fingerprint density at radius 3 is 2.83 bits per heavy atom. The van der Waals surface area contributed by atoms with E-state index in [9.17, 15) is 9.18 Å². The van der Waals surface area contributed by atoms with Gasteiger partial charge in [-0.25, -0.2) is 9.37 Å². The summed E-state index contributed by atoms with van der Waals surface area (Å²) in [5.41, 5.74) is 5.95. The van der Waals surface area contributed by atoms with Crippen LogP contribution in [0.15, 0.2) is 38.7 Å². The van der Waals surface area contributed by atoms with Gasteiger partial charge in [-0.2, -0.15) is 0 Å². The van der Waals surface area contributed by atoms with Crippen LogP contribution in [0.5, 0.6) is 0 Å². The molecule has 2 aromatic rings. The number of rotatable bonds is 3. The number of thioether (sulfide) groups is 1. The van der Waals surface area contributed by atoms with Gasteiger partial charge < -0.3 is 10.7 Å². The summed E-state index contributed by atoms with van der Waals surface area (Å²) < 4.78 is 13.8. The molecule has 0 saturated carbocycles. The predicted molar refractivity (Wildman–Crippen MR) is 72.9 cm³/mol. The first-order chi connectivity index (χ1) is 8.52. The van der Waals surface area contributed by atoms with Gasteiger partial charge >= 0.3 is 0 Å². The molecule has 4 nitrogen and oxygen atoms in total. The number of anilines is 1. The molecule has 0 unspecified atom stereocenters. The summed E-state index contributed by atoms with van der Waals surface area (Å²) in [6.07, 6.45) is 0. The summed E-state index contributed by atoms with van der Waals surface area (Å²) in [6, 6.07) is 5.83. The van der Waals surface area contributed by atoms with Crippen LogP contribution in [0.2, 0.25) is 0 Å². The van der Waals surface area contributed by atoms with Crippen molar-refractivity contribution in [3.8, 4) is 0 Å². The van der Waals surface area contributed by atoms with E-state index < -0.39 is 0 Å². The van der Waals surface area contributed by atoms with Gasteiger partial charge in [0.1, 0.15) is 11.6 Å². The molecule has 0 spiro atoms. The molecule has 94 valence electrons. The Morgan fingerprint density at radius 2 is 2.17 bits per heavy atom. The molecule has 1 aromatic carbocycles. The number of halogens is 2. The van der Waals surface area contributed by atoms with Crippen molar-refractivity contribution >= 4 is 33.5 Å². The van der Waals surface area contributed by atoms with E-state index in [0.29, 0.717) is 15.4 Å². The van der Waals surface area contributed by atoms with Gasteiger partial charge in [-0.15, -0.1) is 0 Å². The SMILES string of the molecule is Nc1cc(=O)[nH]c(SCc2cc(F)cc(Br)c2)n1. The molecule has 0 atom stereocenters. The van der Waals surface area contributed by atoms with E-state index in [1.54, 1.807) is 6.07 Å². The summed E-state index contributed by atoms with van der Waals surface area (Å²) in [6.45, 7) is 0. The average Bonchev–Trinajstić information content (AvgIpc) is 2.23. The molecule has 0 fully saturated rings. The second kappa shape index (κ2) is 5.53. The number of nitrogens with zero attached hydrogens (tertiary/aromatic N) is 1. The third kappa shape index (κ3) is 3.58. The Hall–Kier alpha value is -1.34. The van der Waals surface area contributed by atoms with Crippen molar-refractivity contribution in [1.82, 2.24) is 9.97 Å². The number of hydrogen-bond acceptors (Lipinski definition) is 4. The fraction of sp³-hybridized carbons (Fsp3) is 0.0909. The molecule has 3 N–H and O–H groups in total. The van der Waals surface area contributed by atoms with Crippen LogP contribution >= 0.6 is 27.7 Å². The number of benzene rings is 1. The highest BCUT2D eigenvalue weighted by Gasteiger charge is 2.03. The third-order valence-corrected chi connectivity index (χ3v) is 3.44. The van der Waals surface area contributed by atoms with Gasteiger partial charge in [-0.1, -0.05) is 27.7 Å². The predicted octanol–water partition coefficient (Wildman–Crippen LogP) is 2.55. The zero-order valence-corrected chi connectivity index (χ0v) is 11.5. The van der Waals surface area contributed by atoms with Crippen molar-refractivity contribution < 1.29 is 4.39 Å². The number of nitrogen functional groups attached to an aromatic ring is 1. The lowest BCUT2D eigenvalue weighted by Crippen LogP contribution is -2.09. The molecule has 2 rings (SSSR count). The van der Waals surface area contributed by atoms with Crippen molar-refractivity contribution in [2.45, 2.75) is 10.9 Å². The molecular weight excluding hydrogens is 321 g/mol. The lowest BCUT2D eigenvalue weighted by Gasteiger charge is -2.03. The van der Waals surface area contributed by atoms with Crippen molar-refractivity contribution in [3.63, 3.8) is 0 Å². The van der Waals surface area contributed by atoms with E-state index in [1.165, 1.54) is 30.0 Å². The van der Waals surface area contributed by atoms with Gasteiger partial charge in [0.15, 0.2) is 5.16 Å². The van der Waals surface area contributed by atoms with Gasteiger partial charge in [-0.05, 0) is 23.8 Å². The largest absolute Gasteiger partial charge is 0.383 e. The quantitative estimate of drug-likeness (QED) is 0.670. The van der Waals surface area contributed by atoms with E-state index in [4.69, 9.17) is 5.73 Å². The van der Waals surface area contributed by atoms with Crippen molar-refractivity contribution in [1.29, 1.82) is 0 Å². The molecule has 0 saturated heterocycles. The third-order valence-electron chi connectivity index (χ3n) is 2.04. The Bertz CT molecular complexity index is 612. The number of aromatic nitrogens is 2.